The third-order valence-corrected chi connectivity index (χ3v) is 6.03. The molecule has 2 unspecified atom stereocenters. The second-order valence-electron chi connectivity index (χ2n) is 7.67. The van der Waals surface area contributed by atoms with Gasteiger partial charge in [0.05, 0.1) is 17.5 Å². The average Bonchev–Trinajstić information content (AvgIpc) is 2.97. The van der Waals surface area contributed by atoms with Crippen LogP contribution in [-0.4, -0.2) is 57.4 Å². The number of hydrazone groups is 1. The van der Waals surface area contributed by atoms with E-state index in [0.717, 1.165) is 19.3 Å². The molecule has 2 N–H and O–H groups in total. The first-order chi connectivity index (χ1) is 13.3. The third kappa shape index (κ3) is 3.56. The fraction of sp³-hybridized carbons (Fsp3) is 0.571. The molecule has 0 aromatic heterocycles. The lowest BCUT2D eigenvalue weighted by atomic mass is 9.90. The summed E-state index contributed by atoms with van der Waals surface area (Å²) in [5, 5.41) is 25.9. The molecule has 0 radical (unpaired) electrons. The van der Waals surface area contributed by atoms with Gasteiger partial charge in [-0.15, -0.1) is 0 Å². The molecule has 1 saturated heterocycles. The number of hydrogen-bond donors (Lipinski definition) is 2. The molecule has 7 heteroatoms. The predicted octanol–water partition coefficient (Wildman–Crippen LogP) is 2.17. The SMILES string of the molecule is CCC(O)C1CCN(C(=O)c2cccc(N3N=C(C)C(O)(CC)C3=O)c2)CC1. The molecule has 0 bridgehead atoms. The van der Waals surface area contributed by atoms with E-state index in [1.165, 1.54) is 5.01 Å². The van der Waals surface area contributed by atoms with Crippen molar-refractivity contribution in [2.24, 2.45) is 11.0 Å². The number of amides is 2. The van der Waals surface area contributed by atoms with Gasteiger partial charge in [0, 0.05) is 18.7 Å². The largest absolute Gasteiger partial charge is 0.393 e. The summed E-state index contributed by atoms with van der Waals surface area (Å²) in [6.07, 6.45) is 2.25. The van der Waals surface area contributed by atoms with Gasteiger partial charge >= 0.3 is 0 Å². The van der Waals surface area contributed by atoms with Crippen LogP contribution in [0.25, 0.3) is 0 Å². The van der Waals surface area contributed by atoms with E-state index in [9.17, 15) is 19.8 Å². The summed E-state index contributed by atoms with van der Waals surface area (Å²) < 4.78 is 0. The Morgan fingerprint density at radius 3 is 2.57 bits per heavy atom. The highest BCUT2D eigenvalue weighted by Gasteiger charge is 2.46. The van der Waals surface area contributed by atoms with Crippen molar-refractivity contribution >= 4 is 23.2 Å². The van der Waals surface area contributed by atoms with Crippen LogP contribution in [-0.2, 0) is 4.79 Å². The van der Waals surface area contributed by atoms with Crippen LogP contribution >= 0.6 is 0 Å². The van der Waals surface area contributed by atoms with Gasteiger partial charge in [-0.1, -0.05) is 19.9 Å². The Morgan fingerprint density at radius 1 is 1.32 bits per heavy atom. The van der Waals surface area contributed by atoms with Crippen LogP contribution < -0.4 is 5.01 Å². The van der Waals surface area contributed by atoms with E-state index in [2.05, 4.69) is 5.10 Å². The molecule has 1 aromatic carbocycles. The van der Waals surface area contributed by atoms with Crippen molar-refractivity contribution in [2.45, 2.75) is 58.2 Å². The monoisotopic (exact) mass is 387 g/mol. The molecule has 2 atom stereocenters. The molecular formula is C21H29N3O4. The molecule has 2 aliphatic heterocycles. The van der Waals surface area contributed by atoms with Crippen LogP contribution in [0.15, 0.2) is 29.4 Å². The van der Waals surface area contributed by atoms with E-state index < -0.39 is 11.5 Å². The van der Waals surface area contributed by atoms with Crippen molar-refractivity contribution < 1.29 is 19.8 Å². The van der Waals surface area contributed by atoms with Crippen LogP contribution in [0.1, 0.15) is 56.8 Å². The zero-order valence-electron chi connectivity index (χ0n) is 16.8. The van der Waals surface area contributed by atoms with E-state index in [0.29, 0.717) is 30.1 Å². The van der Waals surface area contributed by atoms with E-state index >= 15 is 0 Å². The highest BCUT2D eigenvalue weighted by Crippen LogP contribution is 2.30. The standard InChI is InChI=1S/C21H29N3O4/c1-4-18(25)15-9-11-23(12-10-15)19(26)16-7-6-8-17(13-16)24-20(27)21(28,5-2)14(3)22-24/h6-8,13,15,18,25,28H,4-5,9-12H2,1-3H3. The fourth-order valence-corrected chi connectivity index (χ4v) is 3.96. The fourth-order valence-electron chi connectivity index (χ4n) is 3.96. The van der Waals surface area contributed by atoms with Crippen LogP contribution in [0, 0.1) is 5.92 Å². The summed E-state index contributed by atoms with van der Waals surface area (Å²) in [5.74, 6) is -0.345. The van der Waals surface area contributed by atoms with Crippen molar-refractivity contribution in [1.29, 1.82) is 0 Å². The van der Waals surface area contributed by atoms with Crippen LogP contribution in [0.2, 0.25) is 0 Å². The lowest BCUT2D eigenvalue weighted by Crippen LogP contribution is -2.45. The maximum Gasteiger partial charge on any atom is 0.285 e. The molecule has 28 heavy (non-hydrogen) atoms. The number of aliphatic hydroxyl groups excluding tert-OH is 1. The first-order valence-corrected chi connectivity index (χ1v) is 10.0. The maximum absolute atomic E-state index is 12.9. The van der Waals surface area contributed by atoms with Crippen LogP contribution in [0.4, 0.5) is 5.69 Å². The lowest BCUT2D eigenvalue weighted by molar-refractivity contribution is -0.129. The summed E-state index contributed by atoms with van der Waals surface area (Å²) in [5.41, 5.74) is -0.272. The molecule has 2 aliphatic rings. The summed E-state index contributed by atoms with van der Waals surface area (Å²) in [6, 6.07) is 6.79. The number of likely N-dealkylation sites (tertiary alicyclic amines) is 1. The van der Waals surface area contributed by atoms with Crippen LogP contribution in [0.5, 0.6) is 0 Å². The van der Waals surface area contributed by atoms with Gasteiger partial charge in [0.1, 0.15) is 0 Å². The Kier molecular flexibility index (Phi) is 5.86. The molecule has 0 spiro atoms. The molecule has 152 valence electrons. The highest BCUT2D eigenvalue weighted by atomic mass is 16.3. The zero-order valence-corrected chi connectivity index (χ0v) is 16.8. The van der Waals surface area contributed by atoms with Crippen molar-refractivity contribution in [3.63, 3.8) is 0 Å². The van der Waals surface area contributed by atoms with Gasteiger partial charge in [0.25, 0.3) is 11.8 Å². The first-order valence-electron chi connectivity index (χ1n) is 10.0. The quantitative estimate of drug-likeness (QED) is 0.810. The van der Waals surface area contributed by atoms with E-state index in [-0.39, 0.29) is 24.3 Å². The Bertz CT molecular complexity index is 786. The molecule has 0 aliphatic carbocycles. The van der Waals surface area contributed by atoms with Crippen LogP contribution in [0.3, 0.4) is 0 Å². The minimum atomic E-state index is -1.58. The van der Waals surface area contributed by atoms with Crippen molar-refractivity contribution in [2.75, 3.05) is 18.1 Å². The van der Waals surface area contributed by atoms with Gasteiger partial charge in [-0.25, -0.2) is 0 Å². The zero-order chi connectivity index (χ0) is 20.5. The minimum Gasteiger partial charge on any atom is -0.393 e. The van der Waals surface area contributed by atoms with Gasteiger partial charge in [0.2, 0.25) is 0 Å². The molecule has 0 saturated carbocycles. The van der Waals surface area contributed by atoms with Gasteiger partial charge in [0.15, 0.2) is 5.60 Å². The normalized spacial score (nSPS) is 24.5. The van der Waals surface area contributed by atoms with Crippen molar-refractivity contribution in [3.8, 4) is 0 Å². The van der Waals surface area contributed by atoms with Crippen molar-refractivity contribution in [1.82, 2.24) is 4.90 Å². The Balaban J connectivity index is 1.74. The molecule has 1 aromatic rings. The molecule has 3 rings (SSSR count). The topological polar surface area (TPSA) is 93.4 Å². The molecule has 1 fully saturated rings. The molecular weight excluding hydrogens is 358 g/mol. The number of carbonyl (C=O) groups is 2. The maximum atomic E-state index is 12.9. The number of piperidine rings is 1. The van der Waals surface area contributed by atoms with Gasteiger partial charge in [-0.2, -0.15) is 10.1 Å². The number of hydrogen-bond acceptors (Lipinski definition) is 5. The average molecular weight is 387 g/mol. The summed E-state index contributed by atoms with van der Waals surface area (Å²) in [4.78, 5) is 27.3. The van der Waals surface area contributed by atoms with Gasteiger partial charge < -0.3 is 15.1 Å². The smallest absolute Gasteiger partial charge is 0.285 e. The number of nitrogens with zero attached hydrogens (tertiary/aromatic N) is 3. The predicted molar refractivity (Wildman–Crippen MR) is 107 cm³/mol. The second-order valence-corrected chi connectivity index (χ2v) is 7.67. The number of carbonyl (C=O) groups excluding carboxylic acids is 2. The van der Waals surface area contributed by atoms with Crippen molar-refractivity contribution in [3.05, 3.63) is 29.8 Å². The number of anilines is 1. The Labute approximate surface area is 165 Å². The summed E-state index contributed by atoms with van der Waals surface area (Å²) >= 11 is 0. The molecule has 2 heterocycles. The first kappa shape index (κ1) is 20.5. The lowest BCUT2D eigenvalue weighted by Gasteiger charge is -2.34. The van der Waals surface area contributed by atoms with E-state index in [1.807, 2.05) is 6.92 Å². The third-order valence-electron chi connectivity index (χ3n) is 6.03. The highest BCUT2D eigenvalue weighted by molar-refractivity contribution is 6.21. The van der Waals surface area contributed by atoms with E-state index in [4.69, 9.17) is 0 Å². The van der Waals surface area contributed by atoms with E-state index in [1.54, 1.807) is 43.0 Å². The van der Waals surface area contributed by atoms with Gasteiger partial charge in [-0.3, -0.25) is 9.59 Å². The number of aliphatic hydroxyl groups is 2. The summed E-state index contributed by atoms with van der Waals surface area (Å²) in [7, 11) is 0. The Morgan fingerprint density at radius 2 is 2.00 bits per heavy atom. The Hall–Kier alpha value is -2.25. The number of benzene rings is 1. The van der Waals surface area contributed by atoms with Gasteiger partial charge in [-0.05, 0) is 56.7 Å². The molecule has 7 nitrogen and oxygen atoms in total. The molecule has 2 amide bonds. The second kappa shape index (κ2) is 8.01. The summed E-state index contributed by atoms with van der Waals surface area (Å²) in [6.45, 7) is 6.56. The minimum absolute atomic E-state index is 0.0932. The number of rotatable bonds is 5.